The van der Waals surface area contributed by atoms with E-state index in [1.807, 2.05) is 0 Å². The minimum absolute atomic E-state index is 0.000324. The molecule has 0 fully saturated rings. The maximum absolute atomic E-state index is 10.6. The number of nitrogens with one attached hydrogen (secondary N) is 1. The van der Waals surface area contributed by atoms with Crippen LogP contribution in [0, 0.1) is 5.41 Å². The Bertz CT molecular complexity index is 144. The molecule has 0 bridgehead atoms. The van der Waals surface area contributed by atoms with Crippen molar-refractivity contribution >= 4 is 6.09 Å². The monoisotopic (exact) mass is 177 g/mol. The van der Waals surface area contributed by atoms with Crippen molar-refractivity contribution in [2.45, 2.75) is 6.92 Å². The zero-order valence-corrected chi connectivity index (χ0v) is 7.33. The Balaban J connectivity index is 3.80. The molecule has 0 aliphatic heterocycles. The Hall–Kier alpha value is -0.810. The molecular formula is C7H15NO4. The van der Waals surface area contributed by atoms with E-state index in [9.17, 15) is 4.79 Å². The van der Waals surface area contributed by atoms with Gasteiger partial charge in [0.15, 0.2) is 0 Å². The average molecular weight is 177 g/mol. The van der Waals surface area contributed by atoms with E-state index in [-0.39, 0.29) is 19.8 Å². The Morgan fingerprint density at radius 1 is 1.50 bits per heavy atom. The van der Waals surface area contributed by atoms with Crippen molar-refractivity contribution in [3.05, 3.63) is 0 Å². The van der Waals surface area contributed by atoms with Crippen LogP contribution in [-0.4, -0.2) is 43.2 Å². The highest BCUT2D eigenvalue weighted by molar-refractivity contribution is 5.66. The van der Waals surface area contributed by atoms with Gasteiger partial charge in [0, 0.05) is 12.5 Å². The van der Waals surface area contributed by atoms with E-state index in [4.69, 9.17) is 10.2 Å². The maximum atomic E-state index is 10.6. The van der Waals surface area contributed by atoms with Crippen LogP contribution in [0.2, 0.25) is 0 Å². The molecule has 0 aromatic rings. The minimum atomic E-state index is -0.757. The first-order chi connectivity index (χ1) is 5.58. The standard InChI is InChI=1S/C7H15NO4/c1-7(3-9,4-10)5-12-6(11)8-2/h9-10H,3-5H2,1-2H3,(H,8,11). The molecule has 0 aliphatic carbocycles. The summed E-state index contributed by atoms with van der Waals surface area (Å²) in [5, 5.41) is 19.9. The molecule has 12 heavy (non-hydrogen) atoms. The van der Waals surface area contributed by atoms with Crippen LogP contribution in [-0.2, 0) is 4.74 Å². The number of aliphatic hydroxyl groups excluding tert-OH is 2. The van der Waals surface area contributed by atoms with Crippen LogP contribution in [0.25, 0.3) is 0 Å². The van der Waals surface area contributed by atoms with E-state index >= 15 is 0 Å². The highest BCUT2D eigenvalue weighted by atomic mass is 16.5. The van der Waals surface area contributed by atoms with E-state index in [1.165, 1.54) is 7.05 Å². The number of hydrogen-bond donors (Lipinski definition) is 3. The fourth-order valence-corrected chi connectivity index (χ4v) is 0.453. The molecule has 0 aromatic heterocycles. The van der Waals surface area contributed by atoms with Gasteiger partial charge in [-0.1, -0.05) is 6.92 Å². The molecule has 0 aromatic carbocycles. The van der Waals surface area contributed by atoms with E-state index in [0.29, 0.717) is 0 Å². The lowest BCUT2D eigenvalue weighted by molar-refractivity contribution is 0.0104. The van der Waals surface area contributed by atoms with Crippen molar-refractivity contribution in [1.82, 2.24) is 5.32 Å². The van der Waals surface area contributed by atoms with Crippen LogP contribution >= 0.6 is 0 Å². The molecule has 0 heterocycles. The van der Waals surface area contributed by atoms with E-state index < -0.39 is 11.5 Å². The van der Waals surface area contributed by atoms with Crippen molar-refractivity contribution in [3.63, 3.8) is 0 Å². The zero-order valence-electron chi connectivity index (χ0n) is 7.33. The molecule has 5 nitrogen and oxygen atoms in total. The van der Waals surface area contributed by atoms with Gasteiger partial charge < -0.3 is 20.3 Å². The highest BCUT2D eigenvalue weighted by Crippen LogP contribution is 2.13. The van der Waals surface area contributed by atoms with E-state index in [1.54, 1.807) is 6.92 Å². The molecule has 72 valence electrons. The highest BCUT2D eigenvalue weighted by Gasteiger charge is 2.24. The molecule has 0 radical (unpaired) electrons. The number of alkyl carbamates (subject to hydrolysis) is 1. The molecule has 0 rings (SSSR count). The fourth-order valence-electron chi connectivity index (χ4n) is 0.453. The van der Waals surface area contributed by atoms with Gasteiger partial charge in [-0.15, -0.1) is 0 Å². The van der Waals surface area contributed by atoms with Gasteiger partial charge in [0.2, 0.25) is 0 Å². The molecule has 0 saturated carbocycles. The molecule has 1 amide bonds. The number of amides is 1. The Labute approximate surface area is 71.3 Å². The summed E-state index contributed by atoms with van der Waals surface area (Å²) in [7, 11) is 1.44. The number of ether oxygens (including phenoxy) is 1. The van der Waals surface area contributed by atoms with Gasteiger partial charge in [-0.3, -0.25) is 0 Å². The number of carbonyl (C=O) groups excluding carboxylic acids is 1. The second-order valence-electron chi connectivity index (χ2n) is 2.95. The molecule has 0 saturated heterocycles. The number of hydrogen-bond acceptors (Lipinski definition) is 4. The van der Waals surface area contributed by atoms with Gasteiger partial charge in [0.25, 0.3) is 0 Å². The third-order valence-corrected chi connectivity index (χ3v) is 1.52. The Kier molecular flexibility index (Phi) is 4.61. The molecule has 0 spiro atoms. The van der Waals surface area contributed by atoms with Crippen molar-refractivity contribution in [2.75, 3.05) is 26.9 Å². The normalized spacial score (nSPS) is 11.0. The third-order valence-electron chi connectivity index (χ3n) is 1.52. The van der Waals surface area contributed by atoms with Crippen molar-refractivity contribution in [2.24, 2.45) is 5.41 Å². The van der Waals surface area contributed by atoms with Crippen LogP contribution in [0.15, 0.2) is 0 Å². The number of aliphatic hydroxyl groups is 2. The van der Waals surface area contributed by atoms with Crippen LogP contribution < -0.4 is 5.32 Å². The first-order valence-electron chi connectivity index (χ1n) is 3.64. The topological polar surface area (TPSA) is 78.8 Å². The van der Waals surface area contributed by atoms with E-state index in [0.717, 1.165) is 0 Å². The first-order valence-corrected chi connectivity index (χ1v) is 3.64. The number of rotatable bonds is 4. The average Bonchev–Trinajstić information content (AvgIpc) is 2.13. The van der Waals surface area contributed by atoms with Gasteiger partial charge in [0.05, 0.1) is 13.2 Å². The van der Waals surface area contributed by atoms with Crippen LogP contribution in [0.1, 0.15) is 6.92 Å². The summed E-state index contributed by atoms with van der Waals surface area (Å²) in [5.41, 5.74) is -0.757. The molecule has 0 unspecified atom stereocenters. The SMILES string of the molecule is CNC(=O)OCC(C)(CO)CO. The van der Waals surface area contributed by atoms with Gasteiger partial charge >= 0.3 is 6.09 Å². The van der Waals surface area contributed by atoms with Gasteiger partial charge in [0.1, 0.15) is 6.61 Å². The van der Waals surface area contributed by atoms with Crippen molar-refractivity contribution in [1.29, 1.82) is 0 Å². The van der Waals surface area contributed by atoms with E-state index in [2.05, 4.69) is 10.1 Å². The van der Waals surface area contributed by atoms with Crippen molar-refractivity contribution in [3.8, 4) is 0 Å². The molecule has 0 atom stereocenters. The molecule has 3 N–H and O–H groups in total. The summed E-state index contributed by atoms with van der Waals surface area (Å²) in [4.78, 5) is 10.6. The quantitative estimate of drug-likeness (QED) is 0.532. The molecule has 5 heteroatoms. The molecular weight excluding hydrogens is 162 g/mol. The van der Waals surface area contributed by atoms with Gasteiger partial charge in [-0.2, -0.15) is 0 Å². The fraction of sp³-hybridized carbons (Fsp3) is 0.857. The summed E-state index contributed by atoms with van der Waals surface area (Å²) in [5.74, 6) is 0. The summed E-state index contributed by atoms with van der Waals surface area (Å²) in [6.45, 7) is 1.18. The third kappa shape index (κ3) is 3.54. The lowest BCUT2D eigenvalue weighted by atomic mass is 9.95. The Morgan fingerprint density at radius 2 is 2.00 bits per heavy atom. The van der Waals surface area contributed by atoms with Crippen LogP contribution in [0.5, 0.6) is 0 Å². The smallest absolute Gasteiger partial charge is 0.406 e. The van der Waals surface area contributed by atoms with Crippen molar-refractivity contribution < 1.29 is 19.7 Å². The predicted molar refractivity (Wildman–Crippen MR) is 42.7 cm³/mol. The summed E-state index contributed by atoms with van der Waals surface area (Å²) in [6, 6.07) is 0. The summed E-state index contributed by atoms with van der Waals surface area (Å²) >= 11 is 0. The zero-order chi connectivity index (χ0) is 9.61. The maximum Gasteiger partial charge on any atom is 0.406 e. The van der Waals surface area contributed by atoms with Gasteiger partial charge in [-0.05, 0) is 0 Å². The molecule has 0 aliphatic rings. The Morgan fingerprint density at radius 3 is 2.33 bits per heavy atom. The summed E-state index contributed by atoms with van der Waals surface area (Å²) < 4.78 is 4.67. The van der Waals surface area contributed by atoms with Crippen LogP contribution in [0.4, 0.5) is 4.79 Å². The van der Waals surface area contributed by atoms with Gasteiger partial charge in [-0.25, -0.2) is 4.79 Å². The predicted octanol–water partition coefficient (Wildman–Crippen LogP) is -0.667. The minimum Gasteiger partial charge on any atom is -0.449 e. The number of carbonyl (C=O) groups is 1. The lowest BCUT2D eigenvalue weighted by Gasteiger charge is -2.23. The van der Waals surface area contributed by atoms with Crippen LogP contribution in [0.3, 0.4) is 0 Å². The second-order valence-corrected chi connectivity index (χ2v) is 2.95. The first kappa shape index (κ1) is 11.2. The summed E-state index contributed by atoms with van der Waals surface area (Å²) in [6.07, 6.45) is -0.567. The largest absolute Gasteiger partial charge is 0.449 e. The lowest BCUT2D eigenvalue weighted by Crippen LogP contribution is -2.34. The second kappa shape index (κ2) is 4.95.